The fraction of sp³-hybridized carbons (Fsp3) is 1.00. The quantitative estimate of drug-likeness (QED) is 0.114. The monoisotopic (exact) mass is 551 g/mol. The second-order valence-electron chi connectivity index (χ2n) is 11.3. The fourth-order valence-corrected chi connectivity index (χ4v) is 5.29. The normalized spacial score (nSPS) is 10.9. The summed E-state index contributed by atoms with van der Waals surface area (Å²) in [5, 5.41) is 8.25. The van der Waals surface area contributed by atoms with E-state index >= 15 is 0 Å². The van der Waals surface area contributed by atoms with Gasteiger partial charge in [0.15, 0.2) is 0 Å². The van der Waals surface area contributed by atoms with Crippen LogP contribution in [0.3, 0.4) is 0 Å². The van der Waals surface area contributed by atoms with Crippen LogP contribution in [0.4, 0.5) is 0 Å². The minimum Gasteiger partial charge on any atom is -0.870 e. The van der Waals surface area contributed by atoms with Crippen LogP contribution in [0.1, 0.15) is 158 Å². The second-order valence-corrected chi connectivity index (χ2v) is 11.3. The topological polar surface area (TPSA) is 84.6 Å². The highest BCUT2D eigenvalue weighted by molar-refractivity contribution is 4.50. The third-order valence-electron chi connectivity index (χ3n) is 7.89. The highest BCUT2D eigenvalue weighted by atomic mass is 16.2. The number of nitrogens with zero attached hydrogens (tertiary/aromatic N) is 2. The van der Waals surface area contributed by atoms with Crippen LogP contribution in [0.15, 0.2) is 0 Å². The minimum absolute atomic E-state index is 0. The molecule has 5 heteroatoms. The van der Waals surface area contributed by atoms with Crippen molar-refractivity contribution in [1.29, 1.82) is 0 Å². The molecular weight excluding hydrogens is 472 g/mol. The Morgan fingerprint density at radius 1 is 0.316 bits per heavy atom. The molecule has 0 bridgehead atoms. The Labute approximate surface area is 242 Å². The van der Waals surface area contributed by atoms with Gasteiger partial charge < -0.3 is 25.0 Å². The highest BCUT2D eigenvalue weighted by Crippen LogP contribution is 2.17. The van der Waals surface area contributed by atoms with Gasteiger partial charge in [-0.1, -0.05) is 107 Å². The van der Waals surface area contributed by atoms with Gasteiger partial charge in [0.05, 0.1) is 52.4 Å². The molecule has 0 spiro atoms. The molecule has 0 amide bonds. The number of hydrogen-bond acceptors (Lipinski definition) is 2. The highest BCUT2D eigenvalue weighted by Gasteiger charge is 2.25. The van der Waals surface area contributed by atoms with Crippen molar-refractivity contribution in [2.45, 2.75) is 158 Å². The van der Waals surface area contributed by atoms with E-state index in [0.29, 0.717) is 0 Å². The van der Waals surface area contributed by atoms with Gasteiger partial charge in [-0.15, -0.1) is 0 Å². The first kappa shape index (κ1) is 47.6. The predicted octanol–water partition coefficient (Wildman–Crippen LogP) is 7.98. The predicted molar refractivity (Wildman–Crippen MR) is 170 cm³/mol. The lowest BCUT2D eigenvalue weighted by molar-refractivity contribution is -0.929. The maximum Gasteiger partial charge on any atom is 0.0786 e. The first-order valence-electron chi connectivity index (χ1n) is 16.6. The molecule has 0 aliphatic heterocycles. The number of unbranched alkanes of at least 4 members (excludes halogenated alkanes) is 8. The van der Waals surface area contributed by atoms with Crippen molar-refractivity contribution in [3.63, 3.8) is 0 Å². The average molecular weight is 551 g/mol. The van der Waals surface area contributed by atoms with E-state index in [1.807, 2.05) is 0 Å². The average Bonchev–Trinajstić information content (AvgIpc) is 2.93. The van der Waals surface area contributed by atoms with Crippen LogP contribution in [0.5, 0.6) is 0 Å². The summed E-state index contributed by atoms with van der Waals surface area (Å²) >= 11 is 0. The zero-order valence-electron chi connectivity index (χ0n) is 28.2. The minimum atomic E-state index is 0. The van der Waals surface area contributed by atoms with Gasteiger partial charge in [-0.05, 0) is 51.4 Å². The van der Waals surface area contributed by atoms with Crippen LogP contribution in [0, 0.1) is 0 Å². The van der Waals surface area contributed by atoms with Gasteiger partial charge in [-0.3, -0.25) is 0 Å². The maximum atomic E-state index is 8.25. The van der Waals surface area contributed by atoms with Gasteiger partial charge in [0.2, 0.25) is 0 Å². The zero-order valence-corrected chi connectivity index (χ0v) is 28.2. The molecule has 0 aliphatic carbocycles. The molecule has 3 N–H and O–H groups in total. The number of rotatable bonds is 24. The summed E-state index contributed by atoms with van der Waals surface area (Å²) in [6.07, 6.45) is 22.1. The van der Waals surface area contributed by atoms with E-state index in [1.54, 1.807) is 0 Å². The van der Waals surface area contributed by atoms with Crippen molar-refractivity contribution in [3.05, 3.63) is 0 Å². The van der Waals surface area contributed by atoms with Gasteiger partial charge in [-0.2, -0.15) is 7.11 Å². The summed E-state index contributed by atoms with van der Waals surface area (Å²) in [7, 11) is 0.750. The Hall–Kier alpha value is -0.200. The van der Waals surface area contributed by atoms with Crippen LogP contribution < -0.4 is 5.11 Å². The molecule has 0 heterocycles. The largest absolute Gasteiger partial charge is 0.870 e. The van der Waals surface area contributed by atoms with Crippen LogP contribution in [-0.2, 0) is 0 Å². The maximum absolute atomic E-state index is 8.25. The van der Waals surface area contributed by atoms with Crippen molar-refractivity contribution >= 4 is 0 Å². The summed E-state index contributed by atoms with van der Waals surface area (Å²) in [6.45, 7) is 30.0. The van der Waals surface area contributed by atoms with E-state index in [1.165, 1.54) is 164 Å². The molecule has 0 saturated carbocycles. The van der Waals surface area contributed by atoms with Gasteiger partial charge >= 0.3 is 0 Å². The van der Waals surface area contributed by atoms with Crippen LogP contribution >= 0.6 is 0 Å². The number of quaternary nitrogens is 2. The lowest BCUT2D eigenvalue weighted by Crippen LogP contribution is -2.50. The van der Waals surface area contributed by atoms with E-state index in [4.69, 9.17) is 5.11 Å². The second kappa shape index (κ2) is 36.8. The van der Waals surface area contributed by atoms with Gasteiger partial charge in [-0.25, -0.2) is 0 Å². The van der Waals surface area contributed by atoms with E-state index in [9.17, 15) is 0 Å². The SMILES string of the molecule is CCCC[N+](CCCC)(CCCC)CCCC.CCCC[N+](CCCC)(CCCC)CCCC.C[O-].O.[OH-]. The van der Waals surface area contributed by atoms with Crippen LogP contribution in [0.2, 0.25) is 0 Å². The molecule has 0 aromatic carbocycles. The van der Waals surface area contributed by atoms with Gasteiger partial charge in [0.1, 0.15) is 0 Å². The summed E-state index contributed by atoms with van der Waals surface area (Å²) in [4.78, 5) is 0. The van der Waals surface area contributed by atoms with Crippen molar-refractivity contribution in [3.8, 4) is 0 Å². The number of hydrogen-bond donors (Lipinski definition) is 0. The third-order valence-corrected chi connectivity index (χ3v) is 7.89. The Kier molecular flexibility index (Phi) is 46.1. The summed E-state index contributed by atoms with van der Waals surface area (Å²) in [5.41, 5.74) is 0. The summed E-state index contributed by atoms with van der Waals surface area (Å²) in [5.74, 6) is 0. The summed E-state index contributed by atoms with van der Waals surface area (Å²) in [6, 6.07) is 0. The summed E-state index contributed by atoms with van der Waals surface area (Å²) < 4.78 is 2.84. The molecule has 0 saturated heterocycles. The molecule has 0 unspecified atom stereocenters. The molecule has 238 valence electrons. The Morgan fingerprint density at radius 3 is 0.500 bits per heavy atom. The zero-order chi connectivity index (χ0) is 28.0. The van der Waals surface area contributed by atoms with E-state index in [2.05, 4.69) is 55.4 Å². The first-order chi connectivity index (χ1) is 17.5. The first-order valence-corrected chi connectivity index (χ1v) is 16.6. The van der Waals surface area contributed by atoms with Gasteiger partial charge in [0.25, 0.3) is 0 Å². The lowest BCUT2D eigenvalue weighted by atomic mass is 10.1. The van der Waals surface area contributed by atoms with Crippen molar-refractivity contribution in [2.24, 2.45) is 0 Å². The van der Waals surface area contributed by atoms with E-state index < -0.39 is 0 Å². The Balaban J connectivity index is -0.000000171. The Bertz CT molecular complexity index is 283. The molecule has 38 heavy (non-hydrogen) atoms. The van der Waals surface area contributed by atoms with Crippen LogP contribution in [-0.4, -0.2) is 79.4 Å². The van der Waals surface area contributed by atoms with Crippen LogP contribution in [0.25, 0.3) is 0 Å². The smallest absolute Gasteiger partial charge is 0.0786 e. The molecule has 0 fully saturated rings. The fourth-order valence-electron chi connectivity index (χ4n) is 5.29. The molecular formula is C33H78N2O3. The van der Waals surface area contributed by atoms with Crippen molar-refractivity contribution in [1.82, 2.24) is 0 Å². The van der Waals surface area contributed by atoms with Gasteiger partial charge in [0, 0.05) is 0 Å². The molecule has 0 aliphatic rings. The van der Waals surface area contributed by atoms with E-state index in [0.717, 1.165) is 7.11 Å². The third kappa shape index (κ3) is 27.4. The molecule has 0 rings (SSSR count). The molecule has 0 aromatic rings. The van der Waals surface area contributed by atoms with Crippen molar-refractivity contribution < 1.29 is 25.0 Å². The molecule has 0 atom stereocenters. The lowest BCUT2D eigenvalue weighted by Gasteiger charge is -2.39. The van der Waals surface area contributed by atoms with Crippen molar-refractivity contribution in [2.75, 3.05) is 59.5 Å². The molecule has 0 aromatic heterocycles. The Morgan fingerprint density at radius 2 is 0.421 bits per heavy atom. The molecule has 5 nitrogen and oxygen atoms in total. The molecule has 0 radical (unpaired) electrons. The van der Waals surface area contributed by atoms with E-state index in [-0.39, 0.29) is 11.0 Å². The standard InChI is InChI=1S/2C16H36N.CH3O.2H2O/c2*1-5-9-13-17(14-10-6-2,15-11-7-3)16-12-8-4;1-2;;/h2*5-16H2,1-4H3;1H3;2*1H2/q2*+1;-1;;/p-1.